The van der Waals surface area contributed by atoms with E-state index in [1.165, 1.54) is 0 Å². The minimum Gasteiger partial charge on any atom is -0.298 e. The summed E-state index contributed by atoms with van der Waals surface area (Å²) in [5.41, 5.74) is 3.86. The maximum atomic E-state index is 12.8. The molecule has 2 atom stereocenters. The van der Waals surface area contributed by atoms with Gasteiger partial charge < -0.3 is 0 Å². The van der Waals surface area contributed by atoms with Crippen LogP contribution in [0.15, 0.2) is 12.1 Å². The van der Waals surface area contributed by atoms with Crippen molar-refractivity contribution in [2.24, 2.45) is 5.92 Å². The van der Waals surface area contributed by atoms with E-state index in [4.69, 9.17) is 0 Å². The summed E-state index contributed by atoms with van der Waals surface area (Å²) in [6.45, 7) is 9.24. The van der Waals surface area contributed by atoms with Crippen LogP contribution in [0.4, 0.5) is 0 Å². The normalized spacial score (nSPS) is 21.4. The third-order valence-electron chi connectivity index (χ3n) is 4.90. The highest BCUT2D eigenvalue weighted by Gasteiger charge is 2.42. The molecule has 1 aliphatic carbocycles. The summed E-state index contributed by atoms with van der Waals surface area (Å²) in [5, 5.41) is -0.515. The Morgan fingerprint density at radius 2 is 1.68 bits per heavy atom. The van der Waals surface area contributed by atoms with E-state index in [1.54, 1.807) is 13.8 Å². The molecule has 0 radical (unpaired) electrons. The van der Waals surface area contributed by atoms with Gasteiger partial charge in [-0.05, 0) is 57.7 Å². The zero-order valence-corrected chi connectivity index (χ0v) is 16.4. The molecule has 0 heterocycles. The number of aryl methyl sites for hydroxylation is 3. The van der Waals surface area contributed by atoms with Gasteiger partial charge in [0.1, 0.15) is 11.7 Å². The fourth-order valence-corrected chi connectivity index (χ4v) is 4.33. The Labute approximate surface area is 150 Å². The molecule has 1 saturated carbocycles. The molecule has 2 rings (SSSR count). The molecule has 0 amide bonds. The Morgan fingerprint density at radius 1 is 1.12 bits per heavy atom. The third kappa shape index (κ3) is 4.18. The lowest BCUT2D eigenvalue weighted by Gasteiger charge is -2.16. The smallest absolute Gasteiger partial charge is 0.213 e. The van der Waals surface area contributed by atoms with E-state index in [0.717, 1.165) is 22.3 Å². The number of nitrogens with one attached hydrogen (secondary N) is 1. The number of carbonyl (C=O) groups excluding carboxylic acids is 2. The molecule has 0 bridgehead atoms. The summed E-state index contributed by atoms with van der Waals surface area (Å²) in [7, 11) is -3.35. The zero-order chi connectivity index (χ0) is 18.9. The lowest BCUT2D eigenvalue weighted by molar-refractivity contribution is -0.124. The number of Topliss-reactive ketones (excluding diaryl/α,β-unsaturated/α-hetero) is 2. The van der Waals surface area contributed by atoms with Crippen LogP contribution in [0.3, 0.4) is 0 Å². The number of hydrogen-bond acceptors (Lipinski definition) is 4. The van der Waals surface area contributed by atoms with E-state index in [2.05, 4.69) is 4.72 Å². The summed E-state index contributed by atoms with van der Waals surface area (Å²) < 4.78 is 26.1. The van der Waals surface area contributed by atoms with Gasteiger partial charge in [-0.15, -0.1) is 0 Å². The van der Waals surface area contributed by atoms with Crippen LogP contribution in [0.25, 0.3) is 0 Å². The van der Waals surface area contributed by atoms with E-state index in [-0.39, 0.29) is 24.5 Å². The topological polar surface area (TPSA) is 80.3 Å². The van der Waals surface area contributed by atoms with Crippen LogP contribution in [0.5, 0.6) is 0 Å². The first-order valence-corrected chi connectivity index (χ1v) is 10.2. The van der Waals surface area contributed by atoms with Gasteiger partial charge in [0.15, 0.2) is 5.78 Å². The van der Waals surface area contributed by atoms with Gasteiger partial charge in [-0.3, -0.25) is 9.59 Å². The SMILES string of the molecule is Cc1cc(C)c(C2C(=O)CC(CCNS(=O)(=O)C(C)C)C2=O)c(C)c1. The summed E-state index contributed by atoms with van der Waals surface area (Å²) in [5.74, 6) is -1.25. The molecule has 0 aliphatic heterocycles. The van der Waals surface area contributed by atoms with Crippen molar-refractivity contribution in [2.45, 2.75) is 58.6 Å². The third-order valence-corrected chi connectivity index (χ3v) is 6.75. The molecule has 1 fully saturated rings. The predicted octanol–water partition coefficient (Wildman–Crippen LogP) is 2.57. The van der Waals surface area contributed by atoms with Crippen LogP contribution in [0, 0.1) is 26.7 Å². The maximum Gasteiger partial charge on any atom is 0.213 e. The second kappa shape index (κ2) is 7.38. The molecule has 0 aromatic heterocycles. The van der Waals surface area contributed by atoms with E-state index < -0.39 is 27.1 Å². The van der Waals surface area contributed by atoms with E-state index >= 15 is 0 Å². The molecule has 1 aromatic carbocycles. The number of carbonyl (C=O) groups is 2. The lowest BCUT2D eigenvalue weighted by atomic mass is 9.86. The molecule has 0 saturated heterocycles. The van der Waals surface area contributed by atoms with Gasteiger partial charge in [-0.1, -0.05) is 17.7 Å². The van der Waals surface area contributed by atoms with Gasteiger partial charge in [0.2, 0.25) is 10.0 Å². The van der Waals surface area contributed by atoms with Crippen molar-refractivity contribution in [1.29, 1.82) is 0 Å². The molecule has 6 heteroatoms. The Bertz CT molecular complexity index is 773. The maximum absolute atomic E-state index is 12.8. The van der Waals surface area contributed by atoms with Gasteiger partial charge in [0, 0.05) is 18.9 Å². The molecular formula is C19H27NO4S. The van der Waals surface area contributed by atoms with Crippen LogP contribution in [0.1, 0.15) is 54.9 Å². The number of benzene rings is 1. The largest absolute Gasteiger partial charge is 0.298 e. The molecule has 1 aromatic rings. The number of hydrogen-bond donors (Lipinski definition) is 1. The predicted molar refractivity (Wildman–Crippen MR) is 98.2 cm³/mol. The first-order valence-electron chi connectivity index (χ1n) is 8.67. The van der Waals surface area contributed by atoms with Crippen LogP contribution in [-0.4, -0.2) is 31.8 Å². The number of rotatable bonds is 6. The highest BCUT2D eigenvalue weighted by atomic mass is 32.2. The van der Waals surface area contributed by atoms with Crippen molar-refractivity contribution in [3.63, 3.8) is 0 Å². The number of ketones is 2. The second-order valence-corrected chi connectivity index (χ2v) is 9.61. The van der Waals surface area contributed by atoms with E-state index in [1.807, 2.05) is 32.9 Å². The molecule has 1 aliphatic rings. The summed E-state index contributed by atoms with van der Waals surface area (Å²) >= 11 is 0. The van der Waals surface area contributed by atoms with Crippen molar-refractivity contribution in [3.8, 4) is 0 Å². The van der Waals surface area contributed by atoms with Gasteiger partial charge in [0.05, 0.1) is 5.25 Å². The first-order chi connectivity index (χ1) is 11.5. The lowest BCUT2D eigenvalue weighted by Crippen LogP contribution is -2.32. The molecule has 25 heavy (non-hydrogen) atoms. The van der Waals surface area contributed by atoms with Crippen LogP contribution >= 0.6 is 0 Å². The first kappa shape index (κ1) is 19.8. The van der Waals surface area contributed by atoms with Crippen molar-refractivity contribution in [3.05, 3.63) is 34.4 Å². The summed E-state index contributed by atoms with van der Waals surface area (Å²) in [6, 6.07) is 3.99. The Morgan fingerprint density at radius 3 is 2.20 bits per heavy atom. The van der Waals surface area contributed by atoms with Crippen LogP contribution in [0.2, 0.25) is 0 Å². The summed E-state index contributed by atoms with van der Waals surface area (Å²) in [4.78, 5) is 25.3. The monoisotopic (exact) mass is 365 g/mol. The van der Waals surface area contributed by atoms with Gasteiger partial charge in [0.25, 0.3) is 0 Å². The summed E-state index contributed by atoms with van der Waals surface area (Å²) in [6.07, 6.45) is 0.552. The van der Waals surface area contributed by atoms with Gasteiger partial charge in [-0.25, -0.2) is 13.1 Å². The highest BCUT2D eigenvalue weighted by Crippen LogP contribution is 2.37. The van der Waals surface area contributed by atoms with Gasteiger partial charge in [-0.2, -0.15) is 0 Å². The minimum absolute atomic E-state index is 0.0585. The molecular weight excluding hydrogens is 338 g/mol. The molecule has 1 N–H and O–H groups in total. The van der Waals surface area contributed by atoms with Crippen LogP contribution < -0.4 is 4.72 Å². The van der Waals surface area contributed by atoms with Crippen molar-refractivity contribution < 1.29 is 18.0 Å². The van der Waals surface area contributed by atoms with Crippen LogP contribution in [-0.2, 0) is 19.6 Å². The Hall–Kier alpha value is -1.53. The Kier molecular flexibility index (Phi) is 5.84. The molecule has 138 valence electrons. The fourth-order valence-electron chi connectivity index (χ4n) is 3.59. The molecule has 2 unspecified atom stereocenters. The highest BCUT2D eigenvalue weighted by molar-refractivity contribution is 7.90. The van der Waals surface area contributed by atoms with E-state index in [0.29, 0.717) is 6.42 Å². The van der Waals surface area contributed by atoms with Crippen molar-refractivity contribution in [2.75, 3.05) is 6.54 Å². The van der Waals surface area contributed by atoms with Crippen molar-refractivity contribution >= 4 is 21.6 Å². The Balaban J connectivity index is 2.13. The minimum atomic E-state index is -3.35. The molecule has 5 nitrogen and oxygen atoms in total. The zero-order valence-electron chi connectivity index (χ0n) is 15.5. The second-order valence-electron chi connectivity index (χ2n) is 7.29. The molecule has 0 spiro atoms. The fraction of sp³-hybridized carbons (Fsp3) is 0.579. The number of sulfonamides is 1. The average molecular weight is 365 g/mol. The average Bonchev–Trinajstić information content (AvgIpc) is 2.74. The standard InChI is InChI=1S/C19H27NO4S/c1-11(2)25(23,24)20-7-6-15-10-16(21)18(19(15)22)17-13(4)8-12(3)9-14(17)5/h8-9,11,15,18,20H,6-7,10H2,1-5H3. The van der Waals surface area contributed by atoms with Gasteiger partial charge >= 0.3 is 0 Å². The van der Waals surface area contributed by atoms with E-state index in [9.17, 15) is 18.0 Å². The van der Waals surface area contributed by atoms with Crippen molar-refractivity contribution in [1.82, 2.24) is 4.72 Å². The quantitative estimate of drug-likeness (QED) is 0.786.